The van der Waals surface area contributed by atoms with Gasteiger partial charge in [-0.1, -0.05) is 29.8 Å². The molecular weight excluding hydrogens is 238 g/mol. The molecular formula is C13H14ClNO2. The topological polar surface area (TPSA) is 38.3 Å². The van der Waals surface area contributed by atoms with Crippen molar-refractivity contribution < 1.29 is 9.53 Å². The zero-order chi connectivity index (χ0) is 12.3. The third-order valence-electron chi connectivity index (χ3n) is 2.73. The minimum Gasteiger partial charge on any atom is -0.495 e. The quantitative estimate of drug-likeness (QED) is 0.897. The van der Waals surface area contributed by atoms with Gasteiger partial charge in [0.1, 0.15) is 5.75 Å². The van der Waals surface area contributed by atoms with Crippen LogP contribution in [0.1, 0.15) is 18.4 Å². The summed E-state index contributed by atoms with van der Waals surface area (Å²) in [4.78, 5) is 11.0. The van der Waals surface area contributed by atoms with E-state index in [1.54, 1.807) is 7.11 Å². The van der Waals surface area contributed by atoms with Crippen molar-refractivity contribution >= 4 is 23.6 Å². The van der Waals surface area contributed by atoms with Crippen molar-refractivity contribution in [1.82, 2.24) is 5.32 Å². The van der Waals surface area contributed by atoms with E-state index in [-0.39, 0.29) is 11.9 Å². The first-order chi connectivity index (χ1) is 8.19. The number of nitrogens with one attached hydrogen (secondary N) is 1. The number of hydrogen-bond acceptors (Lipinski definition) is 2. The Hall–Kier alpha value is -1.48. The highest BCUT2D eigenvalue weighted by atomic mass is 35.5. The van der Waals surface area contributed by atoms with Gasteiger partial charge in [0, 0.05) is 12.5 Å². The summed E-state index contributed by atoms with van der Waals surface area (Å²) in [5, 5.41) is 3.47. The van der Waals surface area contributed by atoms with Gasteiger partial charge in [-0.15, -0.1) is 0 Å². The molecule has 1 aromatic rings. The molecule has 3 nitrogen and oxygen atoms in total. The first-order valence-electron chi connectivity index (χ1n) is 5.50. The molecule has 1 atom stereocenters. The molecule has 0 radical (unpaired) electrons. The molecule has 1 N–H and O–H groups in total. The van der Waals surface area contributed by atoms with Gasteiger partial charge in [0.2, 0.25) is 5.91 Å². The molecule has 1 aliphatic heterocycles. The number of amides is 1. The van der Waals surface area contributed by atoms with Crippen LogP contribution in [0.2, 0.25) is 5.02 Å². The summed E-state index contributed by atoms with van der Waals surface area (Å²) in [5.41, 5.74) is 0.997. The lowest BCUT2D eigenvalue weighted by molar-refractivity contribution is -0.119. The van der Waals surface area contributed by atoms with E-state index in [1.165, 1.54) is 0 Å². The van der Waals surface area contributed by atoms with E-state index < -0.39 is 0 Å². The van der Waals surface area contributed by atoms with Crippen molar-refractivity contribution in [3.05, 3.63) is 34.9 Å². The highest BCUT2D eigenvalue weighted by Crippen LogP contribution is 2.25. The first-order valence-corrected chi connectivity index (χ1v) is 5.88. The van der Waals surface area contributed by atoms with Crippen molar-refractivity contribution in [3.8, 4) is 5.75 Å². The van der Waals surface area contributed by atoms with E-state index in [0.717, 1.165) is 12.0 Å². The lowest BCUT2D eigenvalue weighted by Gasteiger charge is -2.05. The number of carbonyl (C=O) groups is 1. The fraction of sp³-hybridized carbons (Fsp3) is 0.308. The summed E-state index contributed by atoms with van der Waals surface area (Å²) in [5.74, 6) is 0.783. The maximum Gasteiger partial charge on any atom is 0.220 e. The molecule has 1 saturated heterocycles. The number of halogens is 1. The Morgan fingerprint density at radius 1 is 1.53 bits per heavy atom. The molecule has 1 amide bonds. The van der Waals surface area contributed by atoms with Crippen LogP contribution in [0.25, 0.3) is 6.08 Å². The minimum absolute atomic E-state index is 0.118. The largest absolute Gasteiger partial charge is 0.495 e. The second-order valence-corrected chi connectivity index (χ2v) is 4.37. The number of methoxy groups -OCH3 is 1. The van der Waals surface area contributed by atoms with Crippen LogP contribution in [0.15, 0.2) is 24.3 Å². The monoisotopic (exact) mass is 251 g/mol. The van der Waals surface area contributed by atoms with Gasteiger partial charge in [-0.25, -0.2) is 0 Å². The van der Waals surface area contributed by atoms with Crippen LogP contribution in [0.3, 0.4) is 0 Å². The van der Waals surface area contributed by atoms with Crippen molar-refractivity contribution in [2.24, 2.45) is 0 Å². The summed E-state index contributed by atoms with van der Waals surface area (Å²) in [6.45, 7) is 0. The summed E-state index contributed by atoms with van der Waals surface area (Å²) in [6, 6.07) is 5.74. The van der Waals surface area contributed by atoms with E-state index in [2.05, 4.69) is 5.32 Å². The van der Waals surface area contributed by atoms with Gasteiger partial charge >= 0.3 is 0 Å². The summed E-state index contributed by atoms with van der Waals surface area (Å²) in [7, 11) is 1.59. The van der Waals surface area contributed by atoms with Crippen LogP contribution in [-0.4, -0.2) is 19.1 Å². The molecule has 1 heterocycles. The molecule has 0 aliphatic carbocycles. The van der Waals surface area contributed by atoms with Gasteiger partial charge in [0.05, 0.1) is 12.1 Å². The molecule has 0 unspecified atom stereocenters. The van der Waals surface area contributed by atoms with E-state index in [4.69, 9.17) is 16.3 Å². The molecule has 0 bridgehead atoms. The van der Waals surface area contributed by atoms with Gasteiger partial charge in [0.25, 0.3) is 0 Å². The van der Waals surface area contributed by atoms with Crippen molar-refractivity contribution in [3.63, 3.8) is 0 Å². The molecule has 2 rings (SSSR count). The highest BCUT2D eigenvalue weighted by Gasteiger charge is 2.17. The van der Waals surface area contributed by atoms with E-state index >= 15 is 0 Å². The molecule has 1 fully saturated rings. The predicted octanol–water partition coefficient (Wildman–Crippen LogP) is 2.64. The van der Waals surface area contributed by atoms with Gasteiger partial charge in [-0.05, 0) is 24.1 Å². The van der Waals surface area contributed by atoms with Gasteiger partial charge in [-0.3, -0.25) is 4.79 Å². The summed E-state index contributed by atoms with van der Waals surface area (Å²) in [6.07, 6.45) is 5.42. The lowest BCUT2D eigenvalue weighted by Crippen LogP contribution is -2.22. The predicted molar refractivity (Wildman–Crippen MR) is 68.2 cm³/mol. The average molecular weight is 252 g/mol. The Kier molecular flexibility index (Phi) is 3.69. The smallest absolute Gasteiger partial charge is 0.220 e. The zero-order valence-corrected chi connectivity index (χ0v) is 10.3. The van der Waals surface area contributed by atoms with Crippen molar-refractivity contribution in [2.45, 2.75) is 18.9 Å². The molecule has 0 spiro atoms. The third-order valence-corrected chi connectivity index (χ3v) is 3.02. The number of carbonyl (C=O) groups excluding carboxylic acids is 1. The van der Waals surface area contributed by atoms with E-state index in [9.17, 15) is 4.79 Å². The van der Waals surface area contributed by atoms with Crippen molar-refractivity contribution in [1.29, 1.82) is 0 Å². The van der Waals surface area contributed by atoms with Crippen LogP contribution in [0, 0.1) is 0 Å². The number of ether oxygens (including phenoxy) is 1. The minimum atomic E-state index is 0.118. The van der Waals surface area contributed by atoms with E-state index in [1.807, 2.05) is 30.4 Å². The number of rotatable bonds is 3. The SMILES string of the molecule is COc1ccc(/C=C/[C@H]2CCC(=O)N2)cc1Cl. The third kappa shape index (κ3) is 3.01. The van der Waals surface area contributed by atoms with Crippen molar-refractivity contribution in [2.75, 3.05) is 7.11 Å². The Bertz CT molecular complexity index is 457. The van der Waals surface area contributed by atoms with Gasteiger partial charge < -0.3 is 10.1 Å². The zero-order valence-electron chi connectivity index (χ0n) is 9.57. The van der Waals surface area contributed by atoms with E-state index in [0.29, 0.717) is 17.2 Å². The second-order valence-electron chi connectivity index (χ2n) is 3.97. The van der Waals surface area contributed by atoms with Gasteiger partial charge in [0.15, 0.2) is 0 Å². The van der Waals surface area contributed by atoms with Crippen LogP contribution in [0.4, 0.5) is 0 Å². The average Bonchev–Trinajstić information content (AvgIpc) is 2.73. The molecule has 0 aromatic heterocycles. The molecule has 90 valence electrons. The van der Waals surface area contributed by atoms with Crippen LogP contribution in [0.5, 0.6) is 5.75 Å². The lowest BCUT2D eigenvalue weighted by atomic mass is 10.1. The molecule has 0 saturated carbocycles. The summed E-state index contributed by atoms with van der Waals surface area (Å²) >= 11 is 6.02. The molecule has 1 aliphatic rings. The fourth-order valence-corrected chi connectivity index (χ4v) is 2.06. The van der Waals surface area contributed by atoms with Gasteiger partial charge in [-0.2, -0.15) is 0 Å². The summed E-state index contributed by atoms with van der Waals surface area (Å²) < 4.78 is 5.08. The maximum atomic E-state index is 11.0. The highest BCUT2D eigenvalue weighted by molar-refractivity contribution is 6.32. The molecule has 4 heteroatoms. The number of hydrogen-bond donors (Lipinski definition) is 1. The van der Waals surface area contributed by atoms with Crippen LogP contribution >= 0.6 is 11.6 Å². The Morgan fingerprint density at radius 3 is 2.94 bits per heavy atom. The standard InChI is InChI=1S/C13H14ClNO2/c1-17-12-6-3-9(8-11(12)14)2-4-10-5-7-13(16)15-10/h2-4,6,8,10H,5,7H2,1H3,(H,15,16)/b4-2+/t10-/m0/s1. The fourth-order valence-electron chi connectivity index (χ4n) is 1.80. The molecule has 17 heavy (non-hydrogen) atoms. The second kappa shape index (κ2) is 5.23. The number of benzene rings is 1. The Labute approximate surface area is 105 Å². The maximum absolute atomic E-state index is 11.0. The first kappa shape index (κ1) is 12.0. The normalized spacial score (nSPS) is 19.6. The Morgan fingerprint density at radius 2 is 2.35 bits per heavy atom. The van der Waals surface area contributed by atoms with Crippen LogP contribution in [-0.2, 0) is 4.79 Å². The van der Waals surface area contributed by atoms with Crippen LogP contribution < -0.4 is 10.1 Å². The Balaban J connectivity index is 2.06. The molecule has 1 aromatic carbocycles.